The molecule has 0 radical (unpaired) electrons. The quantitative estimate of drug-likeness (QED) is 0.167. The first-order chi connectivity index (χ1) is 25.1. The van der Waals surface area contributed by atoms with Crippen molar-refractivity contribution in [1.29, 1.82) is 0 Å². The summed E-state index contributed by atoms with van der Waals surface area (Å²) in [6.07, 6.45) is 3.18. The summed E-state index contributed by atoms with van der Waals surface area (Å²) >= 11 is 1.77. The zero-order valence-electron chi connectivity index (χ0n) is 32.4. The molecule has 3 aliphatic rings. The molecule has 1 saturated carbocycles. The van der Waals surface area contributed by atoms with E-state index in [1.807, 2.05) is 87.4 Å². The van der Waals surface area contributed by atoms with Crippen LogP contribution in [-0.2, 0) is 20.6 Å². The molecular formula is C41H50BFN4O5S. The molecule has 5 heterocycles. The Balaban J connectivity index is 0.00000214. The first-order valence-electron chi connectivity index (χ1n) is 18.7. The SMILES string of the molecule is CC.CCN(Cc1ncc(-c2cc(F)c3c(c2)OC(c2ccc(C4CC4)s2)n2c-3cc3cc(B4OC(C)(C)C(C)(C)O4)ccc32)[nH]1)C(=O)OC(C)(C)C. The lowest BCUT2D eigenvalue weighted by Gasteiger charge is -2.32. The summed E-state index contributed by atoms with van der Waals surface area (Å²) in [6.45, 7) is 20.3. The smallest absolute Gasteiger partial charge is 0.464 e. The van der Waals surface area contributed by atoms with Crippen molar-refractivity contribution in [2.45, 2.75) is 118 Å². The van der Waals surface area contributed by atoms with Crippen LogP contribution in [0.4, 0.5) is 9.18 Å². The Hall–Kier alpha value is -4.13. The summed E-state index contributed by atoms with van der Waals surface area (Å²) in [4.78, 5) is 24.6. The number of carbonyl (C=O) groups excluding carboxylic acids is 1. The maximum atomic E-state index is 16.5. The number of nitrogens with one attached hydrogen (secondary N) is 1. The van der Waals surface area contributed by atoms with Crippen LogP contribution in [0.1, 0.15) is 110 Å². The number of aromatic nitrogens is 3. The summed E-state index contributed by atoms with van der Waals surface area (Å²) in [5.74, 6) is 1.23. The number of aromatic amines is 1. The highest BCUT2D eigenvalue weighted by Gasteiger charge is 2.51. The van der Waals surface area contributed by atoms with E-state index in [1.165, 1.54) is 23.8 Å². The van der Waals surface area contributed by atoms with E-state index in [1.54, 1.807) is 22.4 Å². The average Bonchev–Trinajstić information content (AvgIpc) is 3.40. The minimum Gasteiger partial charge on any atom is -0.464 e. The van der Waals surface area contributed by atoms with Crippen LogP contribution in [0.15, 0.2) is 54.7 Å². The second-order valence-corrected chi connectivity index (χ2v) is 17.0. The van der Waals surface area contributed by atoms with Crippen LogP contribution in [0.3, 0.4) is 0 Å². The molecule has 1 N–H and O–H groups in total. The van der Waals surface area contributed by atoms with Gasteiger partial charge in [-0.15, -0.1) is 11.3 Å². The summed E-state index contributed by atoms with van der Waals surface area (Å²) in [7, 11) is -0.513. The van der Waals surface area contributed by atoms with Gasteiger partial charge in [-0.05, 0) is 116 Å². The highest BCUT2D eigenvalue weighted by molar-refractivity contribution is 7.12. The van der Waals surface area contributed by atoms with E-state index in [9.17, 15) is 4.79 Å². The molecule has 2 fully saturated rings. The van der Waals surface area contributed by atoms with Crippen molar-refractivity contribution in [2.75, 3.05) is 6.54 Å². The monoisotopic (exact) mass is 740 g/mol. The van der Waals surface area contributed by atoms with Crippen LogP contribution in [0.5, 0.6) is 5.75 Å². The maximum absolute atomic E-state index is 16.5. The van der Waals surface area contributed by atoms with Crippen molar-refractivity contribution in [3.05, 3.63) is 76.1 Å². The van der Waals surface area contributed by atoms with E-state index in [0.29, 0.717) is 40.9 Å². The standard InChI is InChI=1S/C39H44BFN4O5S.C2H6/c1-9-44(36(46)48-37(2,3)4)21-33-42-20-27(43-33)23-17-26(41)34-29-18-24-16-25(40-49-38(5,6)39(7,8)50-40)12-13-28(24)45(29)35(47-30(34)19-23)32-15-14-31(51-32)22-10-11-22;1-2/h12-20,22,35H,9-11,21H2,1-8H3,(H,42,43);1-2H3. The van der Waals surface area contributed by atoms with E-state index in [4.69, 9.17) is 18.8 Å². The van der Waals surface area contributed by atoms with Gasteiger partial charge in [0.05, 0.1) is 51.3 Å². The lowest BCUT2D eigenvalue weighted by molar-refractivity contribution is 0.00578. The molecule has 3 aromatic heterocycles. The molecule has 5 aromatic rings. The fourth-order valence-electron chi connectivity index (χ4n) is 6.75. The Kier molecular flexibility index (Phi) is 9.56. The Labute approximate surface area is 315 Å². The molecule has 2 aliphatic heterocycles. The summed E-state index contributed by atoms with van der Waals surface area (Å²) in [5.41, 5.74) is 2.68. The number of rotatable bonds is 7. The van der Waals surface area contributed by atoms with Crippen molar-refractivity contribution < 1.29 is 28.0 Å². The molecule has 0 bridgehead atoms. The van der Waals surface area contributed by atoms with Crippen molar-refractivity contribution in [1.82, 2.24) is 19.4 Å². The molecule has 8 rings (SSSR count). The van der Waals surface area contributed by atoms with Crippen LogP contribution in [0.2, 0.25) is 0 Å². The van der Waals surface area contributed by atoms with E-state index >= 15 is 4.39 Å². The first kappa shape index (κ1) is 37.2. The van der Waals surface area contributed by atoms with Crippen LogP contribution < -0.4 is 10.2 Å². The third-order valence-corrected chi connectivity index (χ3v) is 11.6. The normalized spacial score (nSPS) is 18.5. The van der Waals surface area contributed by atoms with Gasteiger partial charge in [0.25, 0.3) is 0 Å². The van der Waals surface area contributed by atoms with Gasteiger partial charge in [0.2, 0.25) is 6.23 Å². The fraction of sp³-hybridized carbons (Fsp3) is 0.463. The number of thiophene rings is 1. The summed E-state index contributed by atoms with van der Waals surface area (Å²) in [6, 6.07) is 16.0. The van der Waals surface area contributed by atoms with Crippen LogP contribution in [0, 0.1) is 5.82 Å². The minimum atomic E-state index is -0.610. The number of imidazole rings is 1. The number of H-pyrrole nitrogens is 1. The van der Waals surface area contributed by atoms with Gasteiger partial charge in [0.15, 0.2) is 0 Å². The van der Waals surface area contributed by atoms with E-state index in [-0.39, 0.29) is 6.54 Å². The second kappa shape index (κ2) is 13.6. The molecule has 53 heavy (non-hydrogen) atoms. The van der Waals surface area contributed by atoms with E-state index in [2.05, 4.69) is 38.8 Å². The molecule has 1 amide bonds. The third kappa shape index (κ3) is 7.01. The van der Waals surface area contributed by atoms with Gasteiger partial charge in [-0.1, -0.05) is 26.0 Å². The van der Waals surface area contributed by atoms with E-state index < -0.39 is 42.1 Å². The number of halogens is 1. The Morgan fingerprint density at radius 2 is 1.75 bits per heavy atom. The van der Waals surface area contributed by atoms with E-state index in [0.717, 1.165) is 26.9 Å². The third-order valence-electron chi connectivity index (χ3n) is 10.4. The molecule has 12 heteroatoms. The topological polar surface area (TPSA) is 90.8 Å². The highest BCUT2D eigenvalue weighted by atomic mass is 32.1. The molecule has 0 spiro atoms. The Morgan fingerprint density at radius 3 is 2.42 bits per heavy atom. The molecule has 9 nitrogen and oxygen atoms in total. The molecule has 1 atom stereocenters. The molecule has 1 saturated heterocycles. The van der Waals surface area contributed by atoms with Gasteiger partial charge in [0.1, 0.15) is 23.0 Å². The van der Waals surface area contributed by atoms with Gasteiger partial charge in [0, 0.05) is 22.4 Å². The number of hydrogen-bond acceptors (Lipinski definition) is 7. The van der Waals surface area contributed by atoms with Gasteiger partial charge in [-0.2, -0.15) is 0 Å². The molecule has 1 aliphatic carbocycles. The van der Waals surface area contributed by atoms with Crippen LogP contribution in [-0.4, -0.2) is 56.0 Å². The van der Waals surface area contributed by atoms with Crippen molar-refractivity contribution in [3.63, 3.8) is 0 Å². The summed E-state index contributed by atoms with van der Waals surface area (Å²) < 4.78 is 43.7. The van der Waals surface area contributed by atoms with Gasteiger partial charge in [-0.25, -0.2) is 14.2 Å². The predicted octanol–water partition coefficient (Wildman–Crippen LogP) is 9.80. The zero-order chi connectivity index (χ0) is 38.0. The number of hydrogen-bond donors (Lipinski definition) is 1. The second-order valence-electron chi connectivity index (χ2n) is 15.9. The number of benzene rings is 2. The van der Waals surface area contributed by atoms with Gasteiger partial charge in [-0.3, -0.25) is 4.57 Å². The zero-order valence-corrected chi connectivity index (χ0v) is 33.2. The summed E-state index contributed by atoms with van der Waals surface area (Å²) in [5, 5.41) is 0.949. The number of nitrogens with zero attached hydrogens (tertiary/aromatic N) is 3. The Morgan fingerprint density at radius 1 is 1.06 bits per heavy atom. The molecule has 1 unspecified atom stereocenters. The fourth-order valence-corrected chi connectivity index (χ4v) is 7.95. The number of amides is 1. The van der Waals surface area contributed by atoms with Crippen LogP contribution in [0.25, 0.3) is 33.4 Å². The average molecular weight is 741 g/mol. The lowest BCUT2D eigenvalue weighted by atomic mass is 9.78. The minimum absolute atomic E-state index is 0.229. The highest BCUT2D eigenvalue weighted by Crippen LogP contribution is 2.50. The Bertz CT molecular complexity index is 2140. The number of ether oxygens (including phenoxy) is 2. The predicted molar refractivity (Wildman–Crippen MR) is 209 cm³/mol. The van der Waals surface area contributed by atoms with Gasteiger partial charge >= 0.3 is 13.2 Å². The first-order valence-corrected chi connectivity index (χ1v) is 19.6. The van der Waals surface area contributed by atoms with Gasteiger partial charge < -0.3 is 28.7 Å². The maximum Gasteiger partial charge on any atom is 0.494 e. The number of carbonyl (C=O) groups is 1. The van der Waals surface area contributed by atoms with Crippen molar-refractivity contribution in [3.8, 4) is 28.3 Å². The number of fused-ring (bicyclic) bond motifs is 5. The molecular weight excluding hydrogens is 690 g/mol. The van der Waals surface area contributed by atoms with Crippen LogP contribution >= 0.6 is 11.3 Å². The lowest BCUT2D eigenvalue weighted by Crippen LogP contribution is -2.41. The largest absolute Gasteiger partial charge is 0.494 e. The van der Waals surface area contributed by atoms with Crippen molar-refractivity contribution >= 4 is 40.9 Å². The van der Waals surface area contributed by atoms with Crippen molar-refractivity contribution in [2.24, 2.45) is 0 Å². The molecule has 2 aromatic carbocycles. The molecule has 280 valence electrons.